The maximum Gasteiger partial charge on any atom is 0.224 e. The van der Waals surface area contributed by atoms with E-state index in [-0.39, 0.29) is 12.6 Å². The van der Waals surface area contributed by atoms with Crippen molar-refractivity contribution >= 4 is 27.7 Å². The molecule has 17 heavy (non-hydrogen) atoms. The van der Waals surface area contributed by atoms with Gasteiger partial charge >= 0.3 is 0 Å². The topological polar surface area (TPSA) is 70.1 Å². The van der Waals surface area contributed by atoms with Crippen molar-refractivity contribution < 1.29 is 5.11 Å². The monoisotopic (exact) mass is 302 g/mol. The van der Waals surface area contributed by atoms with Crippen LogP contribution < -0.4 is 10.6 Å². The van der Waals surface area contributed by atoms with Gasteiger partial charge in [0.25, 0.3) is 0 Å². The van der Waals surface area contributed by atoms with Gasteiger partial charge in [-0.3, -0.25) is 0 Å². The molecule has 5 nitrogen and oxygen atoms in total. The normalized spacial score (nSPS) is 12.2. The van der Waals surface area contributed by atoms with E-state index >= 15 is 0 Å². The zero-order valence-electron chi connectivity index (χ0n) is 10.2. The second-order valence-corrected chi connectivity index (χ2v) is 4.54. The van der Waals surface area contributed by atoms with Crippen molar-refractivity contribution in [1.82, 2.24) is 9.97 Å². The predicted octanol–water partition coefficient (Wildman–Crippen LogP) is 2.24. The maximum atomic E-state index is 8.96. The Kier molecular flexibility index (Phi) is 6.21. The van der Waals surface area contributed by atoms with E-state index in [1.807, 2.05) is 6.92 Å². The minimum absolute atomic E-state index is 0.175. The van der Waals surface area contributed by atoms with Gasteiger partial charge in [0.2, 0.25) is 5.95 Å². The maximum absolute atomic E-state index is 8.96. The van der Waals surface area contributed by atoms with Gasteiger partial charge in [0.05, 0.1) is 4.47 Å². The van der Waals surface area contributed by atoms with E-state index < -0.39 is 0 Å². The van der Waals surface area contributed by atoms with Gasteiger partial charge in [-0.15, -0.1) is 0 Å². The number of nitrogens with one attached hydrogen (secondary N) is 2. The van der Waals surface area contributed by atoms with Gasteiger partial charge < -0.3 is 15.7 Å². The molecule has 0 aliphatic carbocycles. The quantitative estimate of drug-likeness (QED) is 0.721. The van der Waals surface area contributed by atoms with Crippen LogP contribution >= 0.6 is 15.9 Å². The van der Waals surface area contributed by atoms with Crippen LogP contribution in [0.4, 0.5) is 11.8 Å². The molecule has 1 atom stereocenters. The molecule has 0 radical (unpaired) electrons. The molecule has 6 heteroatoms. The Morgan fingerprint density at radius 2 is 2.24 bits per heavy atom. The summed E-state index contributed by atoms with van der Waals surface area (Å²) in [4.78, 5) is 8.52. The van der Waals surface area contributed by atoms with E-state index in [0.29, 0.717) is 12.4 Å². The summed E-state index contributed by atoms with van der Waals surface area (Å²) >= 11 is 3.41. The molecule has 0 bridgehead atoms. The van der Waals surface area contributed by atoms with Crippen molar-refractivity contribution in [2.75, 3.05) is 23.8 Å². The van der Waals surface area contributed by atoms with Gasteiger partial charge in [0.1, 0.15) is 5.82 Å². The molecule has 0 fully saturated rings. The van der Waals surface area contributed by atoms with Crippen LogP contribution in [-0.2, 0) is 0 Å². The standard InChI is InChI=1S/C11H19BrN4O/c1-3-8(5-6-17)15-10-9(12)7-14-11(16-10)13-4-2/h7-8,17H,3-6H2,1-2H3,(H2,13,14,15,16). The highest BCUT2D eigenvalue weighted by Crippen LogP contribution is 2.21. The van der Waals surface area contributed by atoms with Crippen LogP contribution in [0.5, 0.6) is 0 Å². The van der Waals surface area contributed by atoms with E-state index in [2.05, 4.69) is 43.5 Å². The van der Waals surface area contributed by atoms with Gasteiger partial charge in [-0.05, 0) is 35.7 Å². The third-order valence-corrected chi connectivity index (χ3v) is 2.97. The van der Waals surface area contributed by atoms with Gasteiger partial charge in [0, 0.05) is 25.4 Å². The summed E-state index contributed by atoms with van der Waals surface area (Å²) in [5.41, 5.74) is 0. The average Bonchev–Trinajstić information content (AvgIpc) is 2.33. The van der Waals surface area contributed by atoms with E-state index in [9.17, 15) is 0 Å². The first-order valence-electron chi connectivity index (χ1n) is 5.85. The Labute approximate surface area is 110 Å². The number of rotatable bonds is 7. The lowest BCUT2D eigenvalue weighted by Gasteiger charge is -2.17. The number of aliphatic hydroxyl groups is 1. The van der Waals surface area contributed by atoms with E-state index in [4.69, 9.17) is 5.11 Å². The van der Waals surface area contributed by atoms with Gasteiger partial charge in [-0.1, -0.05) is 6.92 Å². The number of halogens is 1. The average molecular weight is 303 g/mol. The Bertz CT molecular complexity index is 348. The number of aliphatic hydroxyl groups excluding tert-OH is 1. The lowest BCUT2D eigenvalue weighted by atomic mass is 10.1. The Morgan fingerprint density at radius 1 is 1.47 bits per heavy atom. The van der Waals surface area contributed by atoms with Crippen molar-refractivity contribution in [2.45, 2.75) is 32.7 Å². The van der Waals surface area contributed by atoms with Crippen molar-refractivity contribution in [2.24, 2.45) is 0 Å². The molecule has 1 aromatic heterocycles. The second-order valence-electron chi connectivity index (χ2n) is 3.68. The summed E-state index contributed by atoms with van der Waals surface area (Å²) in [6.07, 6.45) is 3.37. The van der Waals surface area contributed by atoms with Crippen molar-refractivity contribution in [1.29, 1.82) is 0 Å². The number of hydrogen-bond donors (Lipinski definition) is 3. The fourth-order valence-electron chi connectivity index (χ4n) is 1.44. The minimum Gasteiger partial charge on any atom is -0.396 e. The molecule has 0 saturated heterocycles. The summed E-state index contributed by atoms with van der Waals surface area (Å²) < 4.78 is 0.829. The Morgan fingerprint density at radius 3 is 2.82 bits per heavy atom. The Balaban J connectivity index is 2.76. The molecule has 0 aliphatic rings. The molecule has 0 saturated carbocycles. The first-order chi connectivity index (χ1) is 8.21. The summed E-state index contributed by atoms with van der Waals surface area (Å²) in [5.74, 6) is 1.37. The fourth-order valence-corrected chi connectivity index (χ4v) is 1.74. The molecule has 96 valence electrons. The first kappa shape index (κ1) is 14.2. The third kappa shape index (κ3) is 4.47. The number of aromatic nitrogens is 2. The summed E-state index contributed by atoms with van der Waals surface area (Å²) in [7, 11) is 0. The molecule has 1 heterocycles. The van der Waals surface area contributed by atoms with Gasteiger partial charge in [0.15, 0.2) is 0 Å². The van der Waals surface area contributed by atoms with Crippen molar-refractivity contribution in [3.8, 4) is 0 Å². The largest absolute Gasteiger partial charge is 0.396 e. The summed E-state index contributed by atoms with van der Waals surface area (Å²) in [6.45, 7) is 5.04. The van der Waals surface area contributed by atoms with E-state index in [0.717, 1.165) is 23.3 Å². The molecule has 1 unspecified atom stereocenters. The van der Waals surface area contributed by atoms with E-state index in [1.54, 1.807) is 6.20 Å². The smallest absolute Gasteiger partial charge is 0.224 e. The molecule has 0 spiro atoms. The molecule has 3 N–H and O–H groups in total. The highest BCUT2D eigenvalue weighted by Gasteiger charge is 2.10. The first-order valence-corrected chi connectivity index (χ1v) is 6.64. The predicted molar refractivity (Wildman–Crippen MR) is 73.3 cm³/mol. The highest BCUT2D eigenvalue weighted by molar-refractivity contribution is 9.10. The lowest BCUT2D eigenvalue weighted by Crippen LogP contribution is -2.21. The van der Waals surface area contributed by atoms with Crippen LogP contribution in [0.1, 0.15) is 26.7 Å². The highest BCUT2D eigenvalue weighted by atomic mass is 79.9. The lowest BCUT2D eigenvalue weighted by molar-refractivity contribution is 0.278. The molecular weight excluding hydrogens is 284 g/mol. The van der Waals surface area contributed by atoms with Crippen LogP contribution in [0.15, 0.2) is 10.7 Å². The molecule has 1 rings (SSSR count). The molecule has 1 aromatic rings. The Hall–Kier alpha value is -0.880. The van der Waals surface area contributed by atoms with Gasteiger partial charge in [-0.25, -0.2) is 4.98 Å². The minimum atomic E-state index is 0.175. The summed E-state index contributed by atoms with van der Waals surface area (Å²) in [6, 6.07) is 0.223. The summed E-state index contributed by atoms with van der Waals surface area (Å²) in [5, 5.41) is 15.3. The van der Waals surface area contributed by atoms with Crippen LogP contribution in [0.2, 0.25) is 0 Å². The van der Waals surface area contributed by atoms with Crippen LogP contribution in [-0.4, -0.2) is 34.3 Å². The molecule has 0 aromatic carbocycles. The molecule has 0 aliphatic heterocycles. The van der Waals surface area contributed by atoms with Crippen molar-refractivity contribution in [3.05, 3.63) is 10.7 Å². The number of hydrogen-bond acceptors (Lipinski definition) is 5. The third-order valence-electron chi connectivity index (χ3n) is 2.39. The van der Waals surface area contributed by atoms with Crippen LogP contribution in [0, 0.1) is 0 Å². The SMILES string of the molecule is CCNc1ncc(Br)c(NC(CC)CCO)n1. The van der Waals surface area contributed by atoms with Gasteiger partial charge in [-0.2, -0.15) is 4.98 Å². The van der Waals surface area contributed by atoms with Crippen LogP contribution in [0.3, 0.4) is 0 Å². The number of nitrogens with zero attached hydrogens (tertiary/aromatic N) is 2. The second kappa shape index (κ2) is 7.45. The zero-order chi connectivity index (χ0) is 12.7. The van der Waals surface area contributed by atoms with Crippen LogP contribution in [0.25, 0.3) is 0 Å². The number of anilines is 2. The van der Waals surface area contributed by atoms with Crippen molar-refractivity contribution in [3.63, 3.8) is 0 Å². The fraction of sp³-hybridized carbons (Fsp3) is 0.636. The zero-order valence-corrected chi connectivity index (χ0v) is 11.8. The molecular formula is C11H19BrN4O. The van der Waals surface area contributed by atoms with E-state index in [1.165, 1.54) is 0 Å². The molecule has 0 amide bonds.